The van der Waals surface area contributed by atoms with E-state index in [2.05, 4.69) is 119 Å². The molecule has 2 aromatic rings. The molecule has 9 heterocycles. The number of allylic oxidation sites excluding steroid dienone is 2. The number of aromatic amines is 2. The summed E-state index contributed by atoms with van der Waals surface area (Å²) in [5, 5.41) is 6.46. The zero-order valence-electron chi connectivity index (χ0n) is 38.6. The third-order valence-corrected chi connectivity index (χ3v) is 18.4. The molecule has 3 N–H and O–H groups in total. The van der Waals surface area contributed by atoms with Crippen molar-refractivity contribution in [2.75, 3.05) is 0 Å². The Balaban J connectivity index is 0.926. The minimum atomic E-state index is -0.678. The summed E-state index contributed by atoms with van der Waals surface area (Å²) in [7, 11) is 0. The van der Waals surface area contributed by atoms with Gasteiger partial charge in [0.25, 0.3) is 0 Å². The lowest BCUT2D eigenvalue weighted by Crippen LogP contribution is -2.45. The maximum Gasteiger partial charge on any atom is 0.163 e. The molecular weight excluding hydrogens is 833 g/mol. The Labute approximate surface area is 382 Å². The molecule has 4 saturated heterocycles. The average molecular weight is 889 g/mol. The van der Waals surface area contributed by atoms with Gasteiger partial charge in [-0.25, -0.2) is 4.99 Å². The van der Waals surface area contributed by atoms with Crippen molar-refractivity contribution in [2.45, 2.75) is 170 Å². The van der Waals surface area contributed by atoms with Gasteiger partial charge >= 0.3 is 0 Å². The summed E-state index contributed by atoms with van der Waals surface area (Å²) in [5.74, 6) is -1.61. The van der Waals surface area contributed by atoms with E-state index in [1.807, 2.05) is 0 Å². The van der Waals surface area contributed by atoms with Crippen molar-refractivity contribution in [1.29, 1.82) is 0 Å². The van der Waals surface area contributed by atoms with E-state index in [-0.39, 0.29) is 102 Å². The molecule has 17 unspecified atom stereocenters. The van der Waals surface area contributed by atoms with Crippen LogP contribution in [-0.4, -0.2) is 93.7 Å². The number of nitrogens with one attached hydrogen (secondary N) is 3. The summed E-state index contributed by atoms with van der Waals surface area (Å²) in [6.45, 7) is 16.5. The molecule has 19 rings (SSSR count). The summed E-state index contributed by atoms with van der Waals surface area (Å²) < 4.78 is 54.1. The Kier molecular flexibility index (Phi) is 6.58. The number of ether oxygens (including phenoxy) is 8. The van der Waals surface area contributed by atoms with Crippen LogP contribution in [0.4, 0.5) is 0 Å². The number of nitrogens with zero attached hydrogens (tertiary/aromatic N) is 1. The standard InChI is InChI=1S/C54H56N4O8/c1-51(2)59-43-19-9-11-21(45(43)61-51)37-29-16-31-39-23-13-25(49-47(23)63-53(5,6)65-49)41(39)33(57-31)18-34-42-26-14-24(48-50(26)66-54(7,8)64-48)40(42)32(58-34)17-30-38-22-12-10-20(44-46(22)62-52(3,4)60-44)36(38)28(56-30)15-27(55-29)35(19)37/h9-12,15-26,33,43-50,55,57-58H,13-14H2,1-8H3/b28-15-,31-16-,32-17-,34-18-. The fraction of sp³-hybridized carbons (Fsp3) is 0.574. The minimum absolute atomic E-state index is 0.000176. The zero-order chi connectivity index (χ0) is 44.0. The van der Waals surface area contributed by atoms with Crippen LogP contribution in [0.2, 0.25) is 0 Å². The highest BCUT2D eigenvalue weighted by Crippen LogP contribution is 2.63. The molecule has 12 nitrogen and oxygen atoms in total. The minimum Gasteiger partial charge on any atom is -0.375 e. The van der Waals surface area contributed by atoms with E-state index in [4.69, 9.17) is 42.9 Å². The van der Waals surface area contributed by atoms with Gasteiger partial charge in [-0.15, -0.1) is 0 Å². The molecule has 16 bridgehead atoms. The predicted octanol–water partition coefficient (Wildman–Crippen LogP) is 6.20. The Bertz CT molecular complexity index is 3080. The smallest absolute Gasteiger partial charge is 0.163 e. The molecule has 340 valence electrons. The summed E-state index contributed by atoms with van der Waals surface area (Å²) >= 11 is 0. The van der Waals surface area contributed by atoms with Crippen LogP contribution in [0.15, 0.2) is 63.0 Å². The Morgan fingerprint density at radius 3 is 1.58 bits per heavy atom. The monoisotopic (exact) mass is 888 g/mol. The van der Waals surface area contributed by atoms with E-state index < -0.39 is 23.1 Å². The molecule has 0 spiro atoms. The molecule has 12 heteroatoms. The highest BCUT2D eigenvalue weighted by molar-refractivity contribution is 6.24. The number of rotatable bonds is 0. The fourth-order valence-corrected chi connectivity index (χ4v) is 16.7. The number of hydrogen-bond acceptors (Lipinski definition) is 10. The third kappa shape index (κ3) is 4.54. The molecule has 66 heavy (non-hydrogen) atoms. The van der Waals surface area contributed by atoms with Crippen molar-refractivity contribution in [3.8, 4) is 0 Å². The highest BCUT2D eigenvalue weighted by atomic mass is 16.8. The van der Waals surface area contributed by atoms with Crippen molar-refractivity contribution in [3.63, 3.8) is 0 Å². The topological polar surface area (TPSA) is 130 Å². The summed E-state index contributed by atoms with van der Waals surface area (Å²) in [6, 6.07) is -0.0351. The first kappa shape index (κ1) is 37.8. The number of aromatic nitrogens is 2. The Hall–Kier alpha value is -4.11. The lowest BCUT2D eigenvalue weighted by molar-refractivity contribution is -0.157. The molecule has 2 aromatic heterocycles. The van der Waals surface area contributed by atoms with Gasteiger partial charge in [0.05, 0.1) is 66.3 Å². The van der Waals surface area contributed by atoms with Crippen LogP contribution in [0.1, 0.15) is 126 Å². The van der Waals surface area contributed by atoms with Crippen LogP contribution in [0, 0.1) is 23.7 Å². The van der Waals surface area contributed by atoms with E-state index >= 15 is 0 Å². The van der Waals surface area contributed by atoms with Gasteiger partial charge in [0.1, 0.15) is 0 Å². The first-order valence-electron chi connectivity index (χ1n) is 24.8. The SMILES string of the molecule is CC1(C)OC2C3C=CC(C4=C3C3=NC/4=C\c4[nH]c(c5c4C4C=CC5C5OC(C)(C)OC45)/C=C4\NC(/C=c5\[nH]/c(c6c5C5CC6C6OC(C)(C)OC56)=C\3)C3=C4C4CC3C3OC(C)(C)OC43)C2O1. The second-order valence-electron chi connectivity index (χ2n) is 23.8. The molecule has 0 radical (unpaired) electrons. The second-order valence-corrected chi connectivity index (χ2v) is 23.8. The first-order valence-corrected chi connectivity index (χ1v) is 24.8. The normalized spacial score (nSPS) is 48.9. The predicted molar refractivity (Wildman–Crippen MR) is 242 cm³/mol. The zero-order valence-corrected chi connectivity index (χ0v) is 38.6. The Morgan fingerprint density at radius 2 is 0.955 bits per heavy atom. The van der Waals surface area contributed by atoms with Crippen LogP contribution in [0.5, 0.6) is 0 Å². The maximum absolute atomic E-state index is 6.77. The van der Waals surface area contributed by atoms with Crippen LogP contribution in [-0.2, 0) is 37.9 Å². The van der Waals surface area contributed by atoms with Crippen molar-refractivity contribution < 1.29 is 37.9 Å². The van der Waals surface area contributed by atoms with Gasteiger partial charge in [0.2, 0.25) is 0 Å². The van der Waals surface area contributed by atoms with Crippen LogP contribution < -0.4 is 16.0 Å². The number of hydrogen-bond donors (Lipinski definition) is 3. The molecule has 0 amide bonds. The van der Waals surface area contributed by atoms with Crippen LogP contribution >= 0.6 is 0 Å². The van der Waals surface area contributed by atoms with E-state index in [1.165, 1.54) is 55.6 Å². The van der Waals surface area contributed by atoms with Crippen molar-refractivity contribution in [3.05, 3.63) is 102 Å². The van der Waals surface area contributed by atoms with Gasteiger partial charge in [-0.3, -0.25) is 0 Å². The van der Waals surface area contributed by atoms with Crippen molar-refractivity contribution in [2.24, 2.45) is 28.7 Å². The third-order valence-electron chi connectivity index (χ3n) is 18.4. The number of H-pyrrole nitrogens is 2. The fourth-order valence-electron chi connectivity index (χ4n) is 16.7. The van der Waals surface area contributed by atoms with E-state index in [0.29, 0.717) is 0 Å². The first-order chi connectivity index (χ1) is 31.6. The quantitative estimate of drug-likeness (QED) is 0.265. The van der Waals surface area contributed by atoms with Crippen LogP contribution in [0.3, 0.4) is 0 Å². The number of fused-ring (bicyclic) bond motifs is 26. The molecule has 2 saturated carbocycles. The van der Waals surface area contributed by atoms with Gasteiger partial charge < -0.3 is 53.2 Å². The maximum atomic E-state index is 6.77. The molecule has 10 aliphatic carbocycles. The van der Waals surface area contributed by atoms with Crippen molar-refractivity contribution >= 4 is 30.0 Å². The number of aliphatic imine (C=N–C) groups is 1. The van der Waals surface area contributed by atoms with Crippen molar-refractivity contribution in [1.82, 2.24) is 15.3 Å². The molecular formula is C54H56N4O8. The second kappa shape index (κ2) is 11.5. The molecule has 17 aliphatic rings. The van der Waals surface area contributed by atoms with Gasteiger partial charge in [-0.05, 0) is 137 Å². The summed E-state index contributed by atoms with van der Waals surface area (Å²) in [6.07, 6.45) is 20.9. The Morgan fingerprint density at radius 1 is 0.470 bits per heavy atom. The molecule has 6 fully saturated rings. The van der Waals surface area contributed by atoms with E-state index in [1.54, 1.807) is 0 Å². The van der Waals surface area contributed by atoms with E-state index in [0.717, 1.165) is 41.0 Å². The summed E-state index contributed by atoms with van der Waals surface area (Å²) in [5.41, 5.74) is 16.0. The summed E-state index contributed by atoms with van der Waals surface area (Å²) in [4.78, 5) is 13.9. The van der Waals surface area contributed by atoms with Gasteiger partial charge in [-0.2, -0.15) is 0 Å². The molecule has 0 aromatic carbocycles. The lowest BCUT2D eigenvalue weighted by Gasteiger charge is -2.40. The van der Waals surface area contributed by atoms with Gasteiger partial charge in [0.15, 0.2) is 23.1 Å². The average Bonchev–Trinajstić information content (AvgIpc) is 4.08. The van der Waals surface area contributed by atoms with Crippen LogP contribution in [0.25, 0.3) is 24.3 Å². The lowest BCUT2D eigenvalue weighted by atomic mass is 9.66. The highest BCUT2D eigenvalue weighted by Gasteiger charge is 2.64. The van der Waals surface area contributed by atoms with Gasteiger partial charge in [0, 0.05) is 75.1 Å². The largest absolute Gasteiger partial charge is 0.375 e. The van der Waals surface area contributed by atoms with Gasteiger partial charge in [-0.1, -0.05) is 24.3 Å². The molecule has 17 atom stereocenters. The molecule has 7 aliphatic heterocycles. The van der Waals surface area contributed by atoms with E-state index in [9.17, 15) is 0 Å².